The number of aliphatic imine (C=N–C) groups is 1. The van der Waals surface area contributed by atoms with Crippen molar-refractivity contribution in [2.75, 3.05) is 19.6 Å². The Hall–Kier alpha value is -0.340. The number of rotatable bonds is 7. The van der Waals surface area contributed by atoms with Crippen LogP contribution in [0, 0.1) is 11.3 Å². The van der Waals surface area contributed by atoms with Gasteiger partial charge in [0, 0.05) is 18.0 Å². The highest BCUT2D eigenvalue weighted by molar-refractivity contribution is 14.0. The SMILES string of the molecule is CCNC(=NCC(C)(O)c1cccs1)NCC1(C2CC2)CC1.I. The van der Waals surface area contributed by atoms with Crippen LogP contribution < -0.4 is 10.6 Å². The highest BCUT2D eigenvalue weighted by atomic mass is 127. The molecule has 0 saturated heterocycles. The second-order valence-corrected chi connectivity index (χ2v) is 7.88. The molecular weight excluding hydrogens is 421 g/mol. The largest absolute Gasteiger partial charge is 0.383 e. The molecule has 2 aliphatic rings. The maximum atomic E-state index is 10.6. The molecule has 2 aliphatic carbocycles. The number of aliphatic hydroxyl groups is 1. The van der Waals surface area contributed by atoms with E-state index in [9.17, 15) is 5.11 Å². The molecule has 6 heteroatoms. The molecule has 0 aromatic carbocycles. The lowest BCUT2D eigenvalue weighted by Gasteiger charge is -2.22. The first-order chi connectivity index (χ1) is 10.6. The summed E-state index contributed by atoms with van der Waals surface area (Å²) in [5.74, 6) is 1.77. The van der Waals surface area contributed by atoms with Gasteiger partial charge in [-0.2, -0.15) is 0 Å². The predicted molar refractivity (Wildman–Crippen MR) is 108 cm³/mol. The Bertz CT molecular complexity index is 522. The van der Waals surface area contributed by atoms with Crippen molar-refractivity contribution >= 4 is 41.3 Å². The molecule has 23 heavy (non-hydrogen) atoms. The van der Waals surface area contributed by atoms with Crippen molar-refractivity contribution in [3.63, 3.8) is 0 Å². The van der Waals surface area contributed by atoms with Crippen molar-refractivity contribution in [3.05, 3.63) is 22.4 Å². The van der Waals surface area contributed by atoms with Crippen LogP contribution in [0.2, 0.25) is 0 Å². The summed E-state index contributed by atoms with van der Waals surface area (Å²) in [5, 5.41) is 19.4. The first-order valence-electron chi connectivity index (χ1n) is 8.34. The van der Waals surface area contributed by atoms with Gasteiger partial charge in [-0.15, -0.1) is 35.3 Å². The van der Waals surface area contributed by atoms with Crippen LogP contribution in [0.1, 0.15) is 44.4 Å². The minimum atomic E-state index is -0.899. The van der Waals surface area contributed by atoms with Gasteiger partial charge in [-0.1, -0.05) is 6.07 Å². The summed E-state index contributed by atoms with van der Waals surface area (Å²) >= 11 is 1.57. The predicted octanol–water partition coefficient (Wildman–Crippen LogP) is 3.32. The molecule has 1 heterocycles. The van der Waals surface area contributed by atoms with Crippen LogP contribution in [-0.2, 0) is 5.60 Å². The van der Waals surface area contributed by atoms with Crippen LogP contribution in [-0.4, -0.2) is 30.7 Å². The molecule has 0 spiro atoms. The van der Waals surface area contributed by atoms with Gasteiger partial charge < -0.3 is 15.7 Å². The number of nitrogens with one attached hydrogen (secondary N) is 2. The van der Waals surface area contributed by atoms with Gasteiger partial charge >= 0.3 is 0 Å². The maximum Gasteiger partial charge on any atom is 0.191 e. The quantitative estimate of drug-likeness (QED) is 0.340. The van der Waals surface area contributed by atoms with Crippen molar-refractivity contribution in [1.82, 2.24) is 10.6 Å². The van der Waals surface area contributed by atoms with Gasteiger partial charge in [0.15, 0.2) is 5.96 Å². The van der Waals surface area contributed by atoms with Crippen molar-refractivity contribution in [1.29, 1.82) is 0 Å². The lowest BCUT2D eigenvalue weighted by molar-refractivity contribution is 0.0711. The third-order valence-corrected chi connectivity index (χ3v) is 6.01. The minimum absolute atomic E-state index is 0. The highest BCUT2D eigenvalue weighted by Gasteiger charge is 2.53. The molecule has 0 aliphatic heterocycles. The molecule has 3 rings (SSSR count). The highest BCUT2D eigenvalue weighted by Crippen LogP contribution is 2.60. The topological polar surface area (TPSA) is 56.7 Å². The lowest BCUT2D eigenvalue weighted by atomic mass is 10.0. The normalized spacial score (nSPS) is 22.0. The summed E-state index contributed by atoms with van der Waals surface area (Å²) in [6.07, 6.45) is 5.53. The van der Waals surface area contributed by atoms with Crippen LogP contribution in [0.5, 0.6) is 0 Å². The Labute approximate surface area is 160 Å². The number of thiophene rings is 1. The van der Waals surface area contributed by atoms with Gasteiger partial charge in [0.2, 0.25) is 0 Å². The smallest absolute Gasteiger partial charge is 0.191 e. The zero-order valence-electron chi connectivity index (χ0n) is 14.0. The summed E-state index contributed by atoms with van der Waals surface area (Å²) in [5.41, 5.74) is -0.350. The van der Waals surface area contributed by atoms with Gasteiger partial charge in [-0.25, -0.2) is 4.99 Å². The van der Waals surface area contributed by atoms with E-state index >= 15 is 0 Å². The second kappa shape index (κ2) is 7.70. The second-order valence-electron chi connectivity index (χ2n) is 6.94. The van der Waals surface area contributed by atoms with Crippen molar-refractivity contribution in [2.24, 2.45) is 16.3 Å². The number of nitrogens with zero attached hydrogens (tertiary/aromatic N) is 1. The number of hydrogen-bond acceptors (Lipinski definition) is 3. The number of guanidine groups is 1. The standard InChI is InChI=1S/C17H27N3OS.HI/c1-3-18-15(20-12-17(8-9-17)13-6-7-13)19-11-16(2,21)14-5-4-10-22-14;/h4-5,10,13,21H,3,6-9,11-12H2,1-2H3,(H2,18,19,20);1H. The van der Waals surface area contributed by atoms with Crippen LogP contribution in [0.3, 0.4) is 0 Å². The zero-order chi connectivity index (χ0) is 15.6. The molecule has 130 valence electrons. The Morgan fingerprint density at radius 3 is 2.70 bits per heavy atom. The molecular formula is C17H28IN3OS. The van der Waals surface area contributed by atoms with Gasteiger partial charge in [-0.3, -0.25) is 0 Å². The zero-order valence-corrected chi connectivity index (χ0v) is 17.1. The monoisotopic (exact) mass is 449 g/mol. The van der Waals surface area contributed by atoms with E-state index in [2.05, 4.69) is 22.5 Å². The van der Waals surface area contributed by atoms with E-state index in [-0.39, 0.29) is 24.0 Å². The van der Waals surface area contributed by atoms with E-state index in [1.165, 1.54) is 25.7 Å². The van der Waals surface area contributed by atoms with Crippen molar-refractivity contribution in [3.8, 4) is 0 Å². The molecule has 0 radical (unpaired) electrons. The molecule has 1 unspecified atom stereocenters. The van der Waals surface area contributed by atoms with Crippen LogP contribution in [0.4, 0.5) is 0 Å². The number of halogens is 1. The summed E-state index contributed by atoms with van der Waals surface area (Å²) in [6.45, 7) is 6.13. The van der Waals surface area contributed by atoms with Crippen molar-refractivity contribution < 1.29 is 5.11 Å². The van der Waals surface area contributed by atoms with Crippen LogP contribution in [0.15, 0.2) is 22.5 Å². The first-order valence-corrected chi connectivity index (χ1v) is 9.22. The van der Waals surface area contributed by atoms with E-state index in [0.29, 0.717) is 12.0 Å². The lowest BCUT2D eigenvalue weighted by Crippen LogP contribution is -2.41. The fourth-order valence-electron chi connectivity index (χ4n) is 3.08. The summed E-state index contributed by atoms with van der Waals surface area (Å²) < 4.78 is 0. The Morgan fingerprint density at radius 1 is 1.43 bits per heavy atom. The van der Waals surface area contributed by atoms with E-state index in [0.717, 1.165) is 29.8 Å². The third kappa shape index (κ3) is 4.82. The fraction of sp³-hybridized carbons (Fsp3) is 0.706. The van der Waals surface area contributed by atoms with E-state index in [1.807, 2.05) is 24.4 Å². The molecule has 0 amide bonds. The average Bonchev–Trinajstić information content (AvgIpc) is 3.40. The molecule has 4 nitrogen and oxygen atoms in total. The van der Waals surface area contributed by atoms with Gasteiger partial charge in [0.05, 0.1) is 6.54 Å². The molecule has 3 N–H and O–H groups in total. The molecule has 0 bridgehead atoms. The van der Waals surface area contributed by atoms with Crippen LogP contribution >= 0.6 is 35.3 Å². The third-order valence-electron chi connectivity index (χ3n) is 4.88. The summed E-state index contributed by atoms with van der Waals surface area (Å²) in [7, 11) is 0. The Kier molecular flexibility index (Phi) is 6.35. The van der Waals surface area contributed by atoms with E-state index in [4.69, 9.17) is 0 Å². The molecule has 1 atom stereocenters. The molecule has 1 aromatic heterocycles. The molecule has 2 fully saturated rings. The fourth-order valence-corrected chi connectivity index (χ4v) is 3.86. The average molecular weight is 449 g/mol. The van der Waals surface area contributed by atoms with E-state index in [1.54, 1.807) is 11.3 Å². The Morgan fingerprint density at radius 2 is 2.17 bits per heavy atom. The Balaban J connectivity index is 0.00000192. The summed E-state index contributed by atoms with van der Waals surface area (Å²) in [6, 6.07) is 3.93. The summed E-state index contributed by atoms with van der Waals surface area (Å²) in [4.78, 5) is 5.56. The molecule has 1 aromatic rings. The first kappa shape index (κ1) is 19.0. The van der Waals surface area contributed by atoms with E-state index < -0.39 is 5.60 Å². The van der Waals surface area contributed by atoms with Gasteiger partial charge in [0.25, 0.3) is 0 Å². The number of hydrogen-bond donors (Lipinski definition) is 3. The molecule has 2 saturated carbocycles. The maximum absolute atomic E-state index is 10.6. The van der Waals surface area contributed by atoms with Crippen LogP contribution in [0.25, 0.3) is 0 Å². The van der Waals surface area contributed by atoms with Gasteiger partial charge in [-0.05, 0) is 62.3 Å². The van der Waals surface area contributed by atoms with Gasteiger partial charge in [0.1, 0.15) is 5.60 Å². The van der Waals surface area contributed by atoms with Crippen molar-refractivity contribution in [2.45, 2.75) is 45.1 Å². The minimum Gasteiger partial charge on any atom is -0.383 e.